The number of aromatic amines is 1. The second kappa shape index (κ2) is 3.87. The van der Waals surface area contributed by atoms with E-state index >= 15 is 0 Å². The van der Waals surface area contributed by atoms with Gasteiger partial charge in [-0.3, -0.25) is 9.59 Å². The van der Waals surface area contributed by atoms with Gasteiger partial charge in [0, 0.05) is 28.1 Å². The van der Waals surface area contributed by atoms with Gasteiger partial charge in [-0.2, -0.15) is 0 Å². The molecule has 5 nitrogen and oxygen atoms in total. The molecule has 1 heterocycles. The molecule has 18 heavy (non-hydrogen) atoms. The first-order valence-corrected chi connectivity index (χ1v) is 5.76. The maximum Gasteiger partial charge on any atom is 0.316 e. The average molecular weight is 242 g/mol. The van der Waals surface area contributed by atoms with E-state index < -0.39 is 5.91 Å². The normalized spacial score (nSPS) is 14.6. The van der Waals surface area contributed by atoms with Gasteiger partial charge >= 0.3 is 5.91 Å². The van der Waals surface area contributed by atoms with Gasteiger partial charge in [0.2, 0.25) is 0 Å². The Morgan fingerprint density at radius 3 is 2.89 bits per heavy atom. The lowest BCUT2D eigenvalue weighted by Crippen LogP contribution is -2.09. The van der Waals surface area contributed by atoms with Crippen LogP contribution in [-0.4, -0.2) is 16.7 Å². The van der Waals surface area contributed by atoms with Crippen molar-refractivity contribution >= 4 is 22.6 Å². The molecule has 0 saturated heterocycles. The molecule has 2 aromatic rings. The smallest absolute Gasteiger partial charge is 0.316 e. The zero-order valence-electron chi connectivity index (χ0n) is 9.53. The molecule has 0 atom stereocenters. The highest BCUT2D eigenvalue weighted by molar-refractivity contribution is 6.05. The number of Topliss-reactive ketones (excluding diaryl/α,β-unsaturated/α-hetero) is 1. The summed E-state index contributed by atoms with van der Waals surface area (Å²) in [7, 11) is 0. The molecule has 0 fully saturated rings. The summed E-state index contributed by atoms with van der Waals surface area (Å²) >= 11 is 0. The first-order valence-electron chi connectivity index (χ1n) is 5.76. The molecule has 1 amide bonds. The molecular formula is C13H10N2O3. The van der Waals surface area contributed by atoms with Crippen molar-refractivity contribution in [3.8, 4) is 0 Å². The Morgan fingerprint density at radius 2 is 2.11 bits per heavy atom. The van der Waals surface area contributed by atoms with Gasteiger partial charge in [-0.15, -0.1) is 4.91 Å². The quantitative estimate of drug-likeness (QED) is 0.780. The predicted octanol–water partition coefficient (Wildman–Crippen LogP) is 2.59. The van der Waals surface area contributed by atoms with Crippen LogP contribution in [0.3, 0.4) is 0 Å². The van der Waals surface area contributed by atoms with Gasteiger partial charge in [0.05, 0.1) is 5.69 Å². The van der Waals surface area contributed by atoms with Gasteiger partial charge in [0.15, 0.2) is 5.78 Å². The number of carbonyl (C=O) groups is 2. The number of aryl methyl sites for hydroxylation is 1. The van der Waals surface area contributed by atoms with Crippen LogP contribution in [-0.2, 0) is 6.42 Å². The number of nitroso groups, excluding NO2 is 1. The Bertz CT molecular complexity index is 685. The summed E-state index contributed by atoms with van der Waals surface area (Å²) in [5.41, 5.74) is 2.66. The summed E-state index contributed by atoms with van der Waals surface area (Å²) in [6.07, 6.45) is 2.19. The van der Waals surface area contributed by atoms with E-state index in [0.29, 0.717) is 12.1 Å². The van der Waals surface area contributed by atoms with Gasteiger partial charge in [0.25, 0.3) is 0 Å². The molecule has 1 aliphatic carbocycles. The van der Waals surface area contributed by atoms with Crippen LogP contribution in [0, 0.1) is 4.91 Å². The first-order chi connectivity index (χ1) is 8.70. The van der Waals surface area contributed by atoms with E-state index in [2.05, 4.69) is 10.2 Å². The molecule has 3 rings (SSSR count). The van der Waals surface area contributed by atoms with Crippen LogP contribution in [0.5, 0.6) is 0 Å². The first kappa shape index (κ1) is 10.8. The second-order valence-corrected chi connectivity index (χ2v) is 4.41. The lowest BCUT2D eigenvalue weighted by atomic mass is 9.94. The summed E-state index contributed by atoms with van der Waals surface area (Å²) in [4.78, 5) is 36.4. The minimum Gasteiger partial charge on any atom is -0.352 e. The molecule has 1 N–H and O–H groups in total. The molecule has 0 spiro atoms. The molecule has 5 heteroatoms. The van der Waals surface area contributed by atoms with Crippen LogP contribution < -0.4 is 0 Å². The Balaban J connectivity index is 2.24. The van der Waals surface area contributed by atoms with E-state index in [1.165, 1.54) is 0 Å². The molecule has 0 radical (unpaired) electrons. The second-order valence-electron chi connectivity index (χ2n) is 4.41. The molecule has 1 aliphatic rings. The predicted molar refractivity (Wildman–Crippen MR) is 65.7 cm³/mol. The largest absolute Gasteiger partial charge is 0.352 e. The van der Waals surface area contributed by atoms with Gasteiger partial charge in [-0.25, -0.2) is 0 Å². The topological polar surface area (TPSA) is 79.4 Å². The Hall–Kier alpha value is -2.30. The minimum absolute atomic E-state index is 0.105. The van der Waals surface area contributed by atoms with Crippen LogP contribution in [0.15, 0.2) is 23.4 Å². The van der Waals surface area contributed by atoms with Crippen LogP contribution in [0.1, 0.15) is 39.3 Å². The third-order valence-corrected chi connectivity index (χ3v) is 3.35. The van der Waals surface area contributed by atoms with E-state index in [0.717, 1.165) is 29.3 Å². The lowest BCUT2D eigenvalue weighted by molar-refractivity contribution is 0.0967. The molecule has 0 aliphatic heterocycles. The summed E-state index contributed by atoms with van der Waals surface area (Å²) in [6, 6.07) is 4.88. The number of carbonyl (C=O) groups excluding carboxylic acids is 2. The van der Waals surface area contributed by atoms with Crippen LogP contribution in [0.4, 0.5) is 0 Å². The standard InChI is InChI=1S/C13H10N2O3/c16-11-3-1-2-8-9-6-7(13(17)15-18)4-5-10(9)14-12(8)11/h4-6,14H,1-3H2. The summed E-state index contributed by atoms with van der Waals surface area (Å²) < 4.78 is 0. The van der Waals surface area contributed by atoms with Crippen molar-refractivity contribution < 1.29 is 9.59 Å². The van der Waals surface area contributed by atoms with E-state index in [4.69, 9.17) is 0 Å². The van der Waals surface area contributed by atoms with Crippen molar-refractivity contribution in [3.05, 3.63) is 39.9 Å². The van der Waals surface area contributed by atoms with Crippen LogP contribution in [0.2, 0.25) is 0 Å². The van der Waals surface area contributed by atoms with Gasteiger partial charge in [-0.05, 0) is 36.6 Å². The minimum atomic E-state index is -0.783. The van der Waals surface area contributed by atoms with Crippen molar-refractivity contribution in [1.82, 2.24) is 4.98 Å². The van der Waals surface area contributed by atoms with Gasteiger partial charge in [0.1, 0.15) is 0 Å². The number of aromatic nitrogens is 1. The SMILES string of the molecule is O=NC(=O)c1ccc2[nH]c3c(c2c1)CCCC3=O. The highest BCUT2D eigenvalue weighted by Gasteiger charge is 2.22. The molecule has 0 saturated carbocycles. The van der Waals surface area contributed by atoms with Crippen molar-refractivity contribution in [3.63, 3.8) is 0 Å². The average Bonchev–Trinajstić information content (AvgIpc) is 2.77. The summed E-state index contributed by atoms with van der Waals surface area (Å²) in [6.45, 7) is 0. The number of hydrogen-bond acceptors (Lipinski definition) is 3. The molecule has 0 unspecified atom stereocenters. The Labute approximate surface area is 102 Å². The fourth-order valence-electron chi connectivity index (χ4n) is 2.48. The van der Waals surface area contributed by atoms with Crippen molar-refractivity contribution in [2.45, 2.75) is 19.3 Å². The number of nitrogens with one attached hydrogen (secondary N) is 1. The van der Waals surface area contributed by atoms with Crippen LogP contribution >= 0.6 is 0 Å². The number of H-pyrrole nitrogens is 1. The van der Waals surface area contributed by atoms with Gasteiger partial charge < -0.3 is 4.98 Å². The van der Waals surface area contributed by atoms with Crippen molar-refractivity contribution in [2.75, 3.05) is 0 Å². The van der Waals surface area contributed by atoms with Gasteiger partial charge in [-0.1, -0.05) is 0 Å². The van der Waals surface area contributed by atoms with E-state index in [-0.39, 0.29) is 11.3 Å². The summed E-state index contributed by atoms with van der Waals surface area (Å²) in [5.74, 6) is -0.678. The van der Waals surface area contributed by atoms with Crippen molar-refractivity contribution in [2.24, 2.45) is 5.18 Å². The summed E-state index contributed by atoms with van der Waals surface area (Å²) in [5, 5.41) is 3.25. The van der Waals surface area contributed by atoms with Crippen molar-refractivity contribution in [1.29, 1.82) is 0 Å². The van der Waals surface area contributed by atoms with Crippen LogP contribution in [0.25, 0.3) is 10.9 Å². The van der Waals surface area contributed by atoms with E-state index in [1.807, 2.05) is 0 Å². The van der Waals surface area contributed by atoms with E-state index in [1.54, 1.807) is 18.2 Å². The van der Waals surface area contributed by atoms with E-state index in [9.17, 15) is 14.5 Å². The Kier molecular flexibility index (Phi) is 2.33. The number of amides is 1. The lowest BCUT2D eigenvalue weighted by Gasteiger charge is -2.09. The number of benzene rings is 1. The molecule has 0 bridgehead atoms. The molecule has 1 aromatic carbocycles. The number of fused-ring (bicyclic) bond motifs is 3. The maximum atomic E-state index is 11.8. The number of rotatable bonds is 1. The Morgan fingerprint density at radius 1 is 1.28 bits per heavy atom. The molecular weight excluding hydrogens is 232 g/mol. The zero-order valence-corrected chi connectivity index (χ0v) is 9.53. The fourth-order valence-corrected chi connectivity index (χ4v) is 2.48. The molecule has 1 aromatic heterocycles. The maximum absolute atomic E-state index is 11.8. The zero-order chi connectivity index (χ0) is 12.7. The third-order valence-electron chi connectivity index (χ3n) is 3.35. The molecule has 90 valence electrons. The fraction of sp³-hybridized carbons (Fsp3) is 0.231. The number of nitrogens with zero attached hydrogens (tertiary/aromatic N) is 1. The highest BCUT2D eigenvalue weighted by Crippen LogP contribution is 2.29. The number of hydrogen-bond donors (Lipinski definition) is 1. The number of ketones is 1. The highest BCUT2D eigenvalue weighted by atomic mass is 16.3. The monoisotopic (exact) mass is 242 g/mol. The third kappa shape index (κ3) is 1.48.